The molecule has 0 unspecified atom stereocenters. The van der Waals surface area contributed by atoms with Crippen molar-refractivity contribution < 1.29 is 17.9 Å². The van der Waals surface area contributed by atoms with Crippen LogP contribution in [0.4, 0.5) is 13.2 Å². The fourth-order valence-corrected chi connectivity index (χ4v) is 2.03. The lowest BCUT2D eigenvalue weighted by atomic mass is 10.2. The molecule has 7 heteroatoms. The van der Waals surface area contributed by atoms with E-state index < -0.39 is 6.36 Å². The first-order valence-corrected chi connectivity index (χ1v) is 6.34. The van der Waals surface area contributed by atoms with Crippen molar-refractivity contribution in [1.82, 2.24) is 9.78 Å². The van der Waals surface area contributed by atoms with Crippen LogP contribution in [0, 0.1) is 25.0 Å². The molecule has 0 fully saturated rings. The largest absolute Gasteiger partial charge is 0.573 e. The minimum atomic E-state index is -4.70. The number of halogens is 3. The van der Waals surface area contributed by atoms with E-state index in [-0.39, 0.29) is 5.75 Å². The molecule has 2 rings (SSSR count). The van der Waals surface area contributed by atoms with Crippen LogP contribution in [0.1, 0.15) is 17.0 Å². The molecular weight excluding hydrogens is 301 g/mol. The van der Waals surface area contributed by atoms with Gasteiger partial charge >= 0.3 is 6.36 Å². The van der Waals surface area contributed by atoms with Gasteiger partial charge in [0.1, 0.15) is 5.75 Å². The molecule has 0 saturated carbocycles. The van der Waals surface area contributed by atoms with Gasteiger partial charge in [0.05, 0.1) is 22.6 Å². The Hall–Kier alpha value is -2.07. The monoisotopic (exact) mass is 312 g/mol. The van der Waals surface area contributed by atoms with Crippen molar-refractivity contribution in [1.29, 1.82) is 0 Å². The number of hydrogen-bond donors (Lipinski definition) is 1. The molecule has 1 aromatic carbocycles. The third kappa shape index (κ3) is 3.52. The van der Waals surface area contributed by atoms with E-state index in [9.17, 15) is 13.2 Å². The van der Waals surface area contributed by atoms with Crippen LogP contribution in [0.25, 0.3) is 5.69 Å². The fraction of sp³-hybridized carbons (Fsp3) is 0.214. The Morgan fingerprint density at radius 2 is 1.81 bits per heavy atom. The molecule has 1 aromatic heterocycles. The molecule has 0 aliphatic carbocycles. The predicted molar refractivity (Wildman–Crippen MR) is 75.6 cm³/mol. The molecule has 0 spiro atoms. The zero-order chi connectivity index (χ0) is 15.6. The first-order valence-electron chi connectivity index (χ1n) is 5.89. The third-order valence-corrected chi connectivity index (χ3v) is 2.90. The van der Waals surface area contributed by atoms with Gasteiger partial charge in [-0.1, -0.05) is 18.5 Å². The molecule has 0 bridgehead atoms. The van der Waals surface area contributed by atoms with Gasteiger partial charge in [0.25, 0.3) is 0 Å². The fourth-order valence-electron chi connectivity index (χ4n) is 1.92. The average molecular weight is 312 g/mol. The number of benzene rings is 1. The zero-order valence-electron chi connectivity index (χ0n) is 11.2. The molecule has 1 heterocycles. The van der Waals surface area contributed by atoms with Crippen molar-refractivity contribution in [3.05, 3.63) is 41.2 Å². The van der Waals surface area contributed by atoms with Crippen LogP contribution in [0.3, 0.4) is 0 Å². The summed E-state index contributed by atoms with van der Waals surface area (Å²) < 4.78 is 41.8. The van der Waals surface area contributed by atoms with Gasteiger partial charge < -0.3 is 4.74 Å². The molecule has 2 aromatic rings. The smallest absolute Gasteiger partial charge is 0.406 e. The lowest BCUT2D eigenvalue weighted by Crippen LogP contribution is -2.17. The summed E-state index contributed by atoms with van der Waals surface area (Å²) >= 11 is 3.85. The quantitative estimate of drug-likeness (QED) is 0.677. The standard InChI is InChI=1S/C14H11F3N2OS/c1-9-13(7-8-21)10(2)19(18-9)11-3-5-12(6-4-11)20-14(15,16)17/h3-6,21H,1-2H3. The lowest BCUT2D eigenvalue weighted by Gasteiger charge is -2.10. The van der Waals surface area contributed by atoms with Gasteiger partial charge in [-0.25, -0.2) is 4.68 Å². The summed E-state index contributed by atoms with van der Waals surface area (Å²) in [5.41, 5.74) is 2.89. The van der Waals surface area contributed by atoms with Gasteiger partial charge in [0.2, 0.25) is 0 Å². The Labute approximate surface area is 125 Å². The predicted octanol–water partition coefficient (Wildman–Crippen LogP) is 3.63. The molecule has 0 atom stereocenters. The first-order chi connectivity index (χ1) is 9.81. The van der Waals surface area contributed by atoms with Gasteiger partial charge in [-0.05, 0) is 43.4 Å². The van der Waals surface area contributed by atoms with E-state index in [0.29, 0.717) is 5.69 Å². The minimum Gasteiger partial charge on any atom is -0.406 e. The normalized spacial score (nSPS) is 11.0. The Morgan fingerprint density at radius 1 is 1.19 bits per heavy atom. The van der Waals surface area contributed by atoms with Crippen LogP contribution in [0.5, 0.6) is 5.75 Å². The molecule has 0 saturated heterocycles. The molecule has 0 aliphatic heterocycles. The lowest BCUT2D eigenvalue weighted by molar-refractivity contribution is -0.274. The Balaban J connectivity index is 2.35. The van der Waals surface area contributed by atoms with Crippen LogP contribution >= 0.6 is 12.6 Å². The van der Waals surface area contributed by atoms with Crippen molar-refractivity contribution in [2.45, 2.75) is 20.2 Å². The number of nitrogens with zero attached hydrogens (tertiary/aromatic N) is 2. The molecule has 0 amide bonds. The van der Waals surface area contributed by atoms with Crippen LogP contribution < -0.4 is 4.74 Å². The summed E-state index contributed by atoms with van der Waals surface area (Å²) in [5.74, 6) is 2.56. The van der Waals surface area contributed by atoms with Crippen molar-refractivity contribution in [3.63, 3.8) is 0 Å². The first kappa shape index (κ1) is 15.3. The molecule has 21 heavy (non-hydrogen) atoms. The second kappa shape index (κ2) is 5.74. The molecular formula is C14H11F3N2OS. The minimum absolute atomic E-state index is 0.275. The molecule has 0 N–H and O–H groups in total. The SMILES string of the molecule is Cc1nn(-c2ccc(OC(F)(F)F)cc2)c(C)c1C#CS. The van der Waals surface area contributed by atoms with Crippen LogP contribution in [-0.4, -0.2) is 16.1 Å². The van der Waals surface area contributed by atoms with Crippen molar-refractivity contribution >= 4 is 12.6 Å². The van der Waals surface area contributed by atoms with Gasteiger partial charge in [0, 0.05) is 0 Å². The van der Waals surface area contributed by atoms with E-state index in [0.717, 1.165) is 17.0 Å². The van der Waals surface area contributed by atoms with Gasteiger partial charge in [-0.2, -0.15) is 5.10 Å². The van der Waals surface area contributed by atoms with Crippen LogP contribution in [0.2, 0.25) is 0 Å². The average Bonchev–Trinajstić information content (AvgIpc) is 2.66. The van der Waals surface area contributed by atoms with Gasteiger partial charge in [-0.15, -0.1) is 13.2 Å². The van der Waals surface area contributed by atoms with E-state index in [1.807, 2.05) is 6.92 Å². The van der Waals surface area contributed by atoms with Gasteiger partial charge in [0.15, 0.2) is 0 Å². The van der Waals surface area contributed by atoms with E-state index in [4.69, 9.17) is 0 Å². The van der Waals surface area contributed by atoms with Crippen molar-refractivity contribution in [2.24, 2.45) is 0 Å². The van der Waals surface area contributed by atoms with E-state index in [1.54, 1.807) is 11.6 Å². The summed E-state index contributed by atoms with van der Waals surface area (Å²) in [5, 5.41) is 6.83. The molecule has 0 aliphatic rings. The Morgan fingerprint density at radius 3 is 2.33 bits per heavy atom. The molecule has 0 radical (unpaired) electrons. The second-order valence-corrected chi connectivity index (χ2v) is 4.46. The number of alkyl halides is 3. The van der Waals surface area contributed by atoms with Crippen molar-refractivity contribution in [3.8, 4) is 22.6 Å². The van der Waals surface area contributed by atoms with Crippen LogP contribution in [-0.2, 0) is 0 Å². The summed E-state index contributed by atoms with van der Waals surface area (Å²) in [6.07, 6.45) is -4.70. The number of rotatable bonds is 2. The van der Waals surface area contributed by atoms with E-state index in [1.165, 1.54) is 24.3 Å². The number of hydrogen-bond acceptors (Lipinski definition) is 3. The zero-order valence-corrected chi connectivity index (χ0v) is 12.1. The molecule has 110 valence electrons. The summed E-state index contributed by atoms with van der Waals surface area (Å²) in [4.78, 5) is 0. The number of aryl methyl sites for hydroxylation is 1. The highest BCUT2D eigenvalue weighted by atomic mass is 32.1. The maximum Gasteiger partial charge on any atom is 0.573 e. The number of thiol groups is 1. The maximum absolute atomic E-state index is 12.1. The van der Waals surface area contributed by atoms with Crippen molar-refractivity contribution in [2.75, 3.05) is 0 Å². The van der Waals surface area contributed by atoms with E-state index in [2.05, 4.69) is 33.6 Å². The Bertz CT molecular complexity index is 709. The summed E-state index contributed by atoms with van der Waals surface area (Å²) in [7, 11) is 0. The highest BCUT2D eigenvalue weighted by Gasteiger charge is 2.31. The van der Waals surface area contributed by atoms with Crippen LogP contribution in [0.15, 0.2) is 24.3 Å². The number of aromatic nitrogens is 2. The Kier molecular flexibility index (Phi) is 4.19. The highest BCUT2D eigenvalue weighted by molar-refractivity contribution is 7.85. The summed E-state index contributed by atoms with van der Waals surface area (Å²) in [6.45, 7) is 3.63. The highest BCUT2D eigenvalue weighted by Crippen LogP contribution is 2.24. The third-order valence-electron chi connectivity index (χ3n) is 2.79. The molecule has 3 nitrogen and oxygen atoms in total. The topological polar surface area (TPSA) is 27.1 Å². The van der Waals surface area contributed by atoms with E-state index >= 15 is 0 Å². The second-order valence-electron chi connectivity index (χ2n) is 4.24. The number of ether oxygens (including phenoxy) is 1. The maximum atomic E-state index is 12.1. The van der Waals surface area contributed by atoms with Gasteiger partial charge in [-0.3, -0.25) is 0 Å². The summed E-state index contributed by atoms with van der Waals surface area (Å²) in [6, 6.07) is 5.48.